The molecule has 78 valence electrons. The Labute approximate surface area is 91.8 Å². The van der Waals surface area contributed by atoms with E-state index in [1.165, 1.54) is 11.1 Å². The second-order valence-electron chi connectivity index (χ2n) is 3.56. The Morgan fingerprint density at radius 1 is 0.733 bits per heavy atom. The first-order valence-corrected chi connectivity index (χ1v) is 5.10. The smallest absolute Gasteiger partial charge is 0.0372 e. The van der Waals surface area contributed by atoms with Gasteiger partial charge in [-0.3, -0.25) is 4.98 Å². The maximum atomic E-state index is 3.98. The average Bonchev–Trinajstić information content (AvgIpc) is 2.25. The van der Waals surface area contributed by atoms with Crippen LogP contribution in [0.5, 0.6) is 0 Å². The van der Waals surface area contributed by atoms with Gasteiger partial charge in [-0.2, -0.15) is 0 Å². The molecule has 1 nitrogen and oxygen atoms in total. The molecule has 2 rings (SSSR count). The predicted molar refractivity (Wildman–Crippen MR) is 64.9 cm³/mol. The van der Waals surface area contributed by atoms with Crippen molar-refractivity contribution in [1.29, 1.82) is 0 Å². The number of pyridine rings is 1. The number of nitrogens with zero attached hydrogens (tertiary/aromatic N) is 1. The van der Waals surface area contributed by atoms with Gasteiger partial charge >= 0.3 is 0 Å². The van der Waals surface area contributed by atoms with Gasteiger partial charge < -0.3 is 0 Å². The summed E-state index contributed by atoms with van der Waals surface area (Å²) in [4.78, 5) is 3.98. The molecule has 0 spiro atoms. The Morgan fingerprint density at radius 2 is 1.27 bits per heavy atom. The van der Waals surface area contributed by atoms with Crippen LogP contribution in [0.1, 0.15) is 16.8 Å². The number of aryl methyl sites for hydroxylation is 3. The minimum atomic E-state index is 1.07. The van der Waals surface area contributed by atoms with Crippen LogP contribution in [-0.2, 0) is 0 Å². The first-order valence-electron chi connectivity index (χ1n) is 5.10. The average molecular weight is 199 g/mol. The van der Waals surface area contributed by atoms with Crippen molar-refractivity contribution in [1.82, 2.24) is 4.98 Å². The van der Waals surface area contributed by atoms with Gasteiger partial charge in [-0.1, -0.05) is 30.3 Å². The van der Waals surface area contributed by atoms with E-state index in [4.69, 9.17) is 0 Å². The van der Waals surface area contributed by atoms with Gasteiger partial charge in [0.15, 0.2) is 0 Å². The Bertz CT molecular complexity index is 372. The summed E-state index contributed by atoms with van der Waals surface area (Å²) >= 11 is 0. The molecule has 0 saturated heterocycles. The molecule has 0 atom stereocenters. The van der Waals surface area contributed by atoms with Crippen LogP contribution in [0.25, 0.3) is 0 Å². The molecule has 1 aromatic heterocycles. The Hall–Kier alpha value is -1.63. The predicted octanol–water partition coefficient (Wildman–Crippen LogP) is 3.69. The van der Waals surface area contributed by atoms with E-state index < -0.39 is 0 Å². The maximum Gasteiger partial charge on any atom is 0.0372 e. The van der Waals surface area contributed by atoms with Gasteiger partial charge in [0.2, 0.25) is 0 Å². The summed E-state index contributed by atoms with van der Waals surface area (Å²) in [6.45, 7) is 6.21. The molecule has 1 aromatic carbocycles. The molecule has 1 heterocycles. The highest BCUT2D eigenvalue weighted by atomic mass is 14.6. The van der Waals surface area contributed by atoms with E-state index >= 15 is 0 Å². The molecule has 0 aliphatic rings. The molecule has 0 amide bonds. The van der Waals surface area contributed by atoms with Crippen molar-refractivity contribution in [3.63, 3.8) is 0 Å². The zero-order valence-corrected chi connectivity index (χ0v) is 9.57. The van der Waals surface area contributed by atoms with Gasteiger partial charge in [-0.25, -0.2) is 0 Å². The molecule has 1 heteroatoms. The van der Waals surface area contributed by atoms with Gasteiger partial charge in [0.1, 0.15) is 0 Å². The van der Waals surface area contributed by atoms with Crippen LogP contribution < -0.4 is 0 Å². The van der Waals surface area contributed by atoms with Gasteiger partial charge in [0.05, 0.1) is 0 Å². The molecule has 0 aliphatic carbocycles. The van der Waals surface area contributed by atoms with Crippen molar-refractivity contribution in [3.05, 3.63) is 65.5 Å². The lowest BCUT2D eigenvalue weighted by Crippen LogP contribution is -1.74. The quantitative estimate of drug-likeness (QED) is 0.630. The third-order valence-corrected chi connectivity index (χ3v) is 2.24. The second-order valence-corrected chi connectivity index (χ2v) is 3.56. The summed E-state index contributed by atoms with van der Waals surface area (Å²) in [5.74, 6) is 0. The van der Waals surface area contributed by atoms with Crippen molar-refractivity contribution in [2.24, 2.45) is 0 Å². The normalized spacial score (nSPS) is 9.00. The summed E-state index contributed by atoms with van der Waals surface area (Å²) in [5, 5.41) is 0. The SMILES string of the molecule is Cc1ccccc1C.Cc1ccccn1. The van der Waals surface area contributed by atoms with Crippen LogP contribution >= 0.6 is 0 Å². The zero-order chi connectivity index (χ0) is 11.1. The van der Waals surface area contributed by atoms with E-state index in [1.54, 1.807) is 6.20 Å². The lowest BCUT2D eigenvalue weighted by atomic mass is 10.1. The van der Waals surface area contributed by atoms with Gasteiger partial charge in [-0.05, 0) is 44.0 Å². The fourth-order valence-corrected chi connectivity index (χ4v) is 1.11. The molecule has 0 radical (unpaired) electrons. The minimum absolute atomic E-state index is 1.07. The van der Waals surface area contributed by atoms with E-state index in [2.05, 4.69) is 43.1 Å². The topological polar surface area (TPSA) is 12.9 Å². The molecular formula is C14H17N. The van der Waals surface area contributed by atoms with Crippen LogP contribution in [0.15, 0.2) is 48.7 Å². The van der Waals surface area contributed by atoms with Crippen LogP contribution in [0.2, 0.25) is 0 Å². The highest BCUT2D eigenvalue weighted by Crippen LogP contribution is 2.02. The minimum Gasteiger partial charge on any atom is -0.262 e. The molecule has 0 fully saturated rings. The van der Waals surface area contributed by atoms with Crippen LogP contribution in [0.4, 0.5) is 0 Å². The van der Waals surface area contributed by atoms with Crippen molar-refractivity contribution >= 4 is 0 Å². The van der Waals surface area contributed by atoms with E-state index in [0.29, 0.717) is 0 Å². The molecule has 0 aliphatic heterocycles. The highest BCUT2D eigenvalue weighted by Gasteiger charge is 1.83. The largest absolute Gasteiger partial charge is 0.262 e. The molecule has 0 bridgehead atoms. The van der Waals surface area contributed by atoms with E-state index in [9.17, 15) is 0 Å². The number of rotatable bonds is 0. The van der Waals surface area contributed by atoms with Gasteiger partial charge in [-0.15, -0.1) is 0 Å². The number of hydrogen-bond donors (Lipinski definition) is 0. The molecule has 0 N–H and O–H groups in total. The standard InChI is InChI=1S/C8H10.C6H7N/c1-7-5-3-4-6-8(7)2;1-6-4-2-3-5-7-6/h3-6H,1-2H3;2-5H,1H3. The molecule has 0 saturated carbocycles. The van der Waals surface area contributed by atoms with E-state index in [1.807, 2.05) is 25.1 Å². The van der Waals surface area contributed by atoms with Crippen LogP contribution in [0.3, 0.4) is 0 Å². The first kappa shape index (κ1) is 11.4. The third-order valence-electron chi connectivity index (χ3n) is 2.24. The van der Waals surface area contributed by atoms with Crippen LogP contribution in [0, 0.1) is 20.8 Å². The third kappa shape index (κ3) is 4.41. The van der Waals surface area contributed by atoms with Gasteiger partial charge in [0, 0.05) is 11.9 Å². The molecule has 2 aromatic rings. The highest BCUT2D eigenvalue weighted by molar-refractivity contribution is 5.23. The fraction of sp³-hybridized carbons (Fsp3) is 0.214. The summed E-state index contributed by atoms with van der Waals surface area (Å²) < 4.78 is 0. The monoisotopic (exact) mass is 199 g/mol. The van der Waals surface area contributed by atoms with Crippen LogP contribution in [-0.4, -0.2) is 4.98 Å². The number of aromatic nitrogens is 1. The summed E-state index contributed by atoms with van der Waals surface area (Å²) in [7, 11) is 0. The second kappa shape index (κ2) is 5.97. The van der Waals surface area contributed by atoms with Crippen molar-refractivity contribution in [2.45, 2.75) is 20.8 Å². The van der Waals surface area contributed by atoms with Crippen molar-refractivity contribution in [2.75, 3.05) is 0 Å². The van der Waals surface area contributed by atoms with Crippen molar-refractivity contribution in [3.8, 4) is 0 Å². The lowest BCUT2D eigenvalue weighted by Gasteiger charge is -1.93. The van der Waals surface area contributed by atoms with E-state index in [-0.39, 0.29) is 0 Å². The van der Waals surface area contributed by atoms with Crippen molar-refractivity contribution < 1.29 is 0 Å². The summed E-state index contributed by atoms with van der Waals surface area (Å²) in [5.41, 5.74) is 3.81. The first-order chi connectivity index (χ1) is 7.20. The Kier molecular flexibility index (Phi) is 4.55. The number of hydrogen-bond acceptors (Lipinski definition) is 1. The maximum absolute atomic E-state index is 3.98. The van der Waals surface area contributed by atoms with Gasteiger partial charge in [0.25, 0.3) is 0 Å². The Balaban J connectivity index is 0.000000151. The Morgan fingerprint density at radius 3 is 1.53 bits per heavy atom. The number of benzene rings is 1. The lowest BCUT2D eigenvalue weighted by molar-refractivity contribution is 1.20. The summed E-state index contributed by atoms with van der Waals surface area (Å²) in [6.07, 6.45) is 1.79. The zero-order valence-electron chi connectivity index (χ0n) is 9.57. The summed E-state index contributed by atoms with van der Waals surface area (Å²) in [6, 6.07) is 14.2. The molecule has 0 unspecified atom stereocenters. The molecule has 15 heavy (non-hydrogen) atoms. The fourth-order valence-electron chi connectivity index (χ4n) is 1.11. The molecular weight excluding hydrogens is 182 g/mol. The van der Waals surface area contributed by atoms with E-state index in [0.717, 1.165) is 5.69 Å².